The number of hydrazine groups is 1. The number of nitriles is 1. The van der Waals surface area contributed by atoms with Gasteiger partial charge in [-0.2, -0.15) is 5.26 Å². The van der Waals surface area contributed by atoms with E-state index in [4.69, 9.17) is 15.2 Å². The fourth-order valence-corrected chi connectivity index (χ4v) is 5.92. The number of nitrogens with zero attached hydrogens (tertiary/aromatic N) is 4. The molecule has 0 saturated carbocycles. The van der Waals surface area contributed by atoms with Crippen LogP contribution in [0.5, 0.6) is 11.5 Å². The summed E-state index contributed by atoms with van der Waals surface area (Å²) in [6, 6.07) is 15.9. The number of likely N-dealkylation sites (tertiary alicyclic amines) is 1. The molecule has 2 aliphatic heterocycles. The summed E-state index contributed by atoms with van der Waals surface area (Å²) in [6.07, 6.45) is 4.17. The topological polar surface area (TPSA) is 138 Å². The first-order valence-electron chi connectivity index (χ1n) is 13.9. The van der Waals surface area contributed by atoms with E-state index in [1.165, 1.54) is 12.4 Å². The van der Waals surface area contributed by atoms with Gasteiger partial charge in [0.25, 0.3) is 5.91 Å². The molecule has 3 aromatic rings. The average Bonchev–Trinajstić information content (AvgIpc) is 3.38. The molecule has 11 heteroatoms. The molecule has 2 aromatic carbocycles. The Morgan fingerprint density at radius 2 is 2.05 bits per heavy atom. The van der Waals surface area contributed by atoms with Crippen molar-refractivity contribution in [2.24, 2.45) is 5.92 Å². The maximum atomic E-state index is 16.2. The molecule has 0 bridgehead atoms. The number of ether oxygens (including phenoxy) is 2. The number of nitrogens with two attached hydrogens (primary N) is 1. The van der Waals surface area contributed by atoms with E-state index >= 15 is 4.39 Å². The number of hydrogen-bond donors (Lipinski definition) is 3. The van der Waals surface area contributed by atoms with Crippen LogP contribution in [0.2, 0.25) is 0 Å². The van der Waals surface area contributed by atoms with Crippen LogP contribution in [0.25, 0.3) is 0 Å². The second kappa shape index (κ2) is 11.8. The van der Waals surface area contributed by atoms with E-state index in [1.54, 1.807) is 49.1 Å². The van der Waals surface area contributed by atoms with Crippen molar-refractivity contribution in [3.05, 3.63) is 83.5 Å². The van der Waals surface area contributed by atoms with Crippen LogP contribution in [0.15, 0.2) is 66.5 Å². The molecule has 1 amide bonds. The zero-order valence-electron chi connectivity index (χ0n) is 23.9. The first kappa shape index (κ1) is 29.0. The minimum atomic E-state index is -1.21. The highest BCUT2D eigenvalue weighted by Crippen LogP contribution is 2.49. The smallest absolute Gasteiger partial charge is 0.264 e. The van der Waals surface area contributed by atoms with Gasteiger partial charge < -0.3 is 25.5 Å². The molecule has 1 fully saturated rings. The molecule has 0 aliphatic carbocycles. The monoisotopic (exact) mass is 571 g/mol. The summed E-state index contributed by atoms with van der Waals surface area (Å²) in [5.74, 6) is 0.272. The van der Waals surface area contributed by atoms with E-state index in [0.717, 1.165) is 0 Å². The minimum absolute atomic E-state index is 0.00232. The standard InChI is InChI=1S/C31H34FN7O3/c1-4-41-30(2,3)16-20(17-33)29(40)39-14-8-9-21(18-39)31(26-27(34)35-19-36-28(26)37-38-31)24-13-12-23(15-25(24)32)42-22-10-6-5-7-11-22/h5-7,10-13,15-16,19,21,38H,4,8-9,14,18H2,1-3H3,(H3,34,35,36,37). The highest BCUT2D eigenvalue weighted by atomic mass is 19.1. The number of fused-ring (bicyclic) bond motifs is 1. The second-order valence-corrected chi connectivity index (χ2v) is 10.9. The molecule has 2 atom stereocenters. The van der Waals surface area contributed by atoms with E-state index in [-0.39, 0.29) is 23.9 Å². The van der Waals surface area contributed by atoms with Gasteiger partial charge in [0, 0.05) is 37.2 Å². The van der Waals surface area contributed by atoms with Gasteiger partial charge >= 0.3 is 0 Å². The number of anilines is 2. The van der Waals surface area contributed by atoms with Crippen LogP contribution in [-0.2, 0) is 15.1 Å². The van der Waals surface area contributed by atoms with Crippen molar-refractivity contribution in [3.8, 4) is 17.6 Å². The molecular formula is C31H34FN7O3. The Kier molecular flexibility index (Phi) is 8.11. The highest BCUT2D eigenvalue weighted by Gasteiger charge is 2.52. The summed E-state index contributed by atoms with van der Waals surface area (Å²) in [5.41, 5.74) is 11.6. The van der Waals surface area contributed by atoms with Crippen molar-refractivity contribution in [2.45, 2.75) is 44.8 Å². The SMILES string of the molecule is CCOC(C)(C)C=C(C#N)C(=O)N1CCCC(C2(c3ccc(Oc4ccccc4)cc3F)NNc3ncnc(N)c32)C1. The van der Waals surface area contributed by atoms with Crippen LogP contribution in [0.4, 0.5) is 16.0 Å². The highest BCUT2D eigenvalue weighted by molar-refractivity contribution is 5.97. The Morgan fingerprint density at radius 1 is 1.26 bits per heavy atom. The number of carbonyl (C=O) groups excluding carboxylic acids is 1. The maximum Gasteiger partial charge on any atom is 0.264 e. The summed E-state index contributed by atoms with van der Waals surface area (Å²) >= 11 is 0. The van der Waals surface area contributed by atoms with E-state index in [0.29, 0.717) is 54.4 Å². The van der Waals surface area contributed by atoms with Crippen LogP contribution < -0.4 is 21.3 Å². The summed E-state index contributed by atoms with van der Waals surface area (Å²) < 4.78 is 27.7. The third-order valence-electron chi connectivity index (χ3n) is 7.67. The van der Waals surface area contributed by atoms with Gasteiger partial charge in [0.05, 0.1) is 11.2 Å². The molecule has 2 aliphatic rings. The van der Waals surface area contributed by atoms with Crippen molar-refractivity contribution >= 4 is 17.5 Å². The van der Waals surface area contributed by atoms with Crippen molar-refractivity contribution in [3.63, 3.8) is 0 Å². The predicted molar refractivity (Wildman–Crippen MR) is 156 cm³/mol. The summed E-state index contributed by atoms with van der Waals surface area (Å²) in [7, 11) is 0. The van der Waals surface area contributed by atoms with Crippen molar-refractivity contribution in [1.29, 1.82) is 5.26 Å². The summed E-state index contributed by atoms with van der Waals surface area (Å²) in [5, 5.41) is 9.86. The number of nitrogens with one attached hydrogen (secondary N) is 2. The van der Waals surface area contributed by atoms with E-state index in [9.17, 15) is 10.1 Å². The quantitative estimate of drug-likeness (QED) is 0.260. The molecule has 0 spiro atoms. The lowest BCUT2D eigenvalue weighted by Gasteiger charge is -2.44. The van der Waals surface area contributed by atoms with Gasteiger partial charge in [-0.15, -0.1) is 0 Å². The Labute approximate surface area is 244 Å². The van der Waals surface area contributed by atoms with Gasteiger partial charge in [-0.25, -0.2) is 19.8 Å². The van der Waals surface area contributed by atoms with E-state index in [2.05, 4.69) is 20.8 Å². The number of benzene rings is 2. The lowest BCUT2D eigenvalue weighted by molar-refractivity contribution is -0.129. The number of nitrogen functional groups attached to an aromatic ring is 1. The van der Waals surface area contributed by atoms with Gasteiger partial charge in [-0.1, -0.05) is 24.3 Å². The maximum absolute atomic E-state index is 16.2. The number of aromatic nitrogens is 2. The van der Waals surface area contributed by atoms with Gasteiger partial charge in [-0.3, -0.25) is 4.79 Å². The van der Waals surface area contributed by atoms with Gasteiger partial charge in [-0.05, 0) is 57.9 Å². The zero-order chi connectivity index (χ0) is 29.9. The average molecular weight is 572 g/mol. The molecule has 1 aromatic heterocycles. The Balaban J connectivity index is 1.53. The normalized spacial score (nSPS) is 20.4. The number of halogens is 1. The van der Waals surface area contributed by atoms with Crippen LogP contribution in [0.3, 0.4) is 0 Å². The number of amides is 1. The number of rotatable bonds is 8. The number of para-hydroxylation sites is 1. The van der Waals surface area contributed by atoms with Gasteiger partial charge in [0.15, 0.2) is 5.82 Å². The lowest BCUT2D eigenvalue weighted by Crippen LogP contribution is -2.54. The Morgan fingerprint density at radius 3 is 2.76 bits per heavy atom. The molecule has 10 nitrogen and oxygen atoms in total. The molecule has 42 heavy (non-hydrogen) atoms. The third-order valence-corrected chi connectivity index (χ3v) is 7.67. The van der Waals surface area contributed by atoms with E-state index < -0.39 is 22.9 Å². The van der Waals surface area contributed by atoms with Gasteiger partial charge in [0.1, 0.15) is 46.6 Å². The van der Waals surface area contributed by atoms with E-state index in [1.807, 2.05) is 31.2 Å². The molecular weight excluding hydrogens is 537 g/mol. The molecule has 5 rings (SSSR count). The van der Waals surface area contributed by atoms with Crippen molar-refractivity contribution < 1.29 is 18.7 Å². The van der Waals surface area contributed by atoms with Crippen molar-refractivity contribution in [1.82, 2.24) is 20.3 Å². The molecule has 2 unspecified atom stereocenters. The first-order valence-corrected chi connectivity index (χ1v) is 13.9. The van der Waals surface area contributed by atoms with Gasteiger partial charge in [0.2, 0.25) is 0 Å². The van der Waals surface area contributed by atoms with Crippen LogP contribution in [0, 0.1) is 23.1 Å². The minimum Gasteiger partial charge on any atom is -0.457 e. The molecule has 218 valence electrons. The fraction of sp³-hybridized carbons (Fsp3) is 0.355. The Hall–Kier alpha value is -4.53. The second-order valence-electron chi connectivity index (χ2n) is 10.9. The van der Waals surface area contributed by atoms with Crippen molar-refractivity contribution in [2.75, 3.05) is 30.9 Å². The van der Waals surface area contributed by atoms with Crippen LogP contribution >= 0.6 is 0 Å². The predicted octanol–water partition coefficient (Wildman–Crippen LogP) is 4.67. The number of hydrogen-bond acceptors (Lipinski definition) is 9. The molecule has 1 saturated heterocycles. The molecule has 0 radical (unpaired) electrons. The Bertz CT molecular complexity index is 1540. The number of piperidine rings is 1. The third kappa shape index (κ3) is 5.51. The van der Waals surface area contributed by atoms with Crippen LogP contribution in [-0.4, -0.2) is 46.1 Å². The largest absolute Gasteiger partial charge is 0.457 e. The summed E-state index contributed by atoms with van der Waals surface area (Å²) in [6.45, 7) is 6.58. The number of carbonyl (C=O) groups is 1. The fourth-order valence-electron chi connectivity index (χ4n) is 5.92. The summed E-state index contributed by atoms with van der Waals surface area (Å²) in [4.78, 5) is 23.8. The van der Waals surface area contributed by atoms with Crippen LogP contribution in [0.1, 0.15) is 44.7 Å². The molecule has 4 N–H and O–H groups in total. The molecule has 3 heterocycles. The lowest BCUT2D eigenvalue weighted by atomic mass is 9.70. The first-order chi connectivity index (χ1) is 20.2. The zero-order valence-corrected chi connectivity index (χ0v) is 23.9.